The Kier molecular flexibility index (Phi) is 3.33. The van der Waals surface area contributed by atoms with Crippen LogP contribution in [0.5, 0.6) is 0 Å². The average molecular weight is 345 g/mol. The van der Waals surface area contributed by atoms with Crippen LogP contribution in [0.25, 0.3) is 0 Å². The summed E-state index contributed by atoms with van der Waals surface area (Å²) in [5.74, 6) is 0. The average Bonchev–Trinajstić information content (AvgIpc) is 1.85. The minimum absolute atomic E-state index is 0.415. The molecule has 0 radical (unpaired) electrons. The number of carbonyl (C=O) groups is 1. The van der Waals surface area contributed by atoms with E-state index in [1.807, 2.05) is 6.07 Å². The standard InChI is InChI=1S/C7H3BrClIO/c8-4-1-2-5(7(9)11)6(10)3-4/h1-3H. The van der Waals surface area contributed by atoms with Gasteiger partial charge in [0.25, 0.3) is 5.24 Å². The van der Waals surface area contributed by atoms with Crippen molar-refractivity contribution in [2.24, 2.45) is 0 Å². The Morgan fingerprint density at radius 2 is 2.18 bits per heavy atom. The lowest BCUT2D eigenvalue weighted by Crippen LogP contribution is -1.91. The Hall–Kier alpha value is 0.390. The van der Waals surface area contributed by atoms with E-state index >= 15 is 0 Å². The molecule has 0 aliphatic carbocycles. The van der Waals surface area contributed by atoms with Crippen molar-refractivity contribution in [3.05, 3.63) is 31.8 Å². The van der Waals surface area contributed by atoms with Gasteiger partial charge in [0.15, 0.2) is 0 Å². The van der Waals surface area contributed by atoms with Crippen molar-refractivity contribution >= 4 is 55.4 Å². The van der Waals surface area contributed by atoms with Crippen LogP contribution in [-0.2, 0) is 0 Å². The van der Waals surface area contributed by atoms with Crippen molar-refractivity contribution in [1.29, 1.82) is 0 Å². The minimum atomic E-state index is -0.415. The summed E-state index contributed by atoms with van der Waals surface area (Å²) in [7, 11) is 0. The van der Waals surface area contributed by atoms with E-state index in [-0.39, 0.29) is 0 Å². The third-order valence-corrected chi connectivity index (χ3v) is 2.73. The number of benzene rings is 1. The van der Waals surface area contributed by atoms with Crippen LogP contribution in [0.3, 0.4) is 0 Å². The Labute approximate surface area is 91.4 Å². The molecule has 0 N–H and O–H groups in total. The maximum atomic E-state index is 10.7. The molecule has 0 fully saturated rings. The Morgan fingerprint density at radius 1 is 1.55 bits per heavy atom. The Morgan fingerprint density at radius 3 is 2.64 bits per heavy atom. The van der Waals surface area contributed by atoms with Gasteiger partial charge in [-0.25, -0.2) is 0 Å². The van der Waals surface area contributed by atoms with Crippen molar-refractivity contribution in [1.82, 2.24) is 0 Å². The van der Waals surface area contributed by atoms with Gasteiger partial charge in [-0.3, -0.25) is 4.79 Å². The summed E-state index contributed by atoms with van der Waals surface area (Å²) in [6.45, 7) is 0. The predicted octanol–water partition coefficient (Wildman–Crippen LogP) is 3.43. The lowest BCUT2D eigenvalue weighted by atomic mass is 10.2. The van der Waals surface area contributed by atoms with Crippen molar-refractivity contribution < 1.29 is 4.79 Å². The first kappa shape index (κ1) is 9.48. The van der Waals surface area contributed by atoms with E-state index < -0.39 is 5.24 Å². The van der Waals surface area contributed by atoms with Gasteiger partial charge < -0.3 is 0 Å². The number of halogens is 3. The highest BCUT2D eigenvalue weighted by atomic mass is 127. The lowest BCUT2D eigenvalue weighted by Gasteiger charge is -1.97. The molecule has 0 aromatic heterocycles. The van der Waals surface area contributed by atoms with Gasteiger partial charge in [-0.1, -0.05) is 15.9 Å². The summed E-state index contributed by atoms with van der Waals surface area (Å²) in [5.41, 5.74) is 0.551. The van der Waals surface area contributed by atoms with Gasteiger partial charge in [-0.15, -0.1) is 0 Å². The highest BCUT2D eigenvalue weighted by Crippen LogP contribution is 2.19. The van der Waals surface area contributed by atoms with E-state index in [2.05, 4.69) is 38.5 Å². The molecule has 1 aromatic carbocycles. The summed E-state index contributed by atoms with van der Waals surface area (Å²) < 4.78 is 1.81. The molecule has 0 aliphatic rings. The van der Waals surface area contributed by atoms with E-state index in [0.717, 1.165) is 8.04 Å². The molecular formula is C7H3BrClIO. The molecular weight excluding hydrogens is 342 g/mol. The fourth-order valence-corrected chi connectivity index (χ4v) is 2.52. The number of hydrogen-bond donors (Lipinski definition) is 0. The lowest BCUT2D eigenvalue weighted by molar-refractivity contribution is 0.108. The van der Waals surface area contributed by atoms with Gasteiger partial charge in [-0.05, 0) is 52.4 Å². The van der Waals surface area contributed by atoms with Crippen molar-refractivity contribution in [3.8, 4) is 0 Å². The van der Waals surface area contributed by atoms with Crippen LogP contribution >= 0.6 is 50.1 Å². The monoisotopic (exact) mass is 344 g/mol. The van der Waals surface area contributed by atoms with Crippen LogP contribution in [-0.4, -0.2) is 5.24 Å². The summed E-state index contributed by atoms with van der Waals surface area (Å²) >= 11 is 10.7. The van der Waals surface area contributed by atoms with Gasteiger partial charge in [0.05, 0.1) is 0 Å². The second kappa shape index (κ2) is 3.87. The fourth-order valence-electron chi connectivity index (χ4n) is 0.649. The first-order valence-corrected chi connectivity index (χ1v) is 5.01. The summed E-state index contributed by atoms with van der Waals surface area (Å²) in [6.07, 6.45) is 0. The molecule has 58 valence electrons. The van der Waals surface area contributed by atoms with Crippen LogP contribution in [0.1, 0.15) is 10.4 Å². The predicted molar refractivity (Wildman–Crippen MR) is 57.0 cm³/mol. The largest absolute Gasteiger partial charge is 0.276 e. The van der Waals surface area contributed by atoms with Gasteiger partial charge in [0, 0.05) is 13.6 Å². The zero-order valence-corrected chi connectivity index (χ0v) is 9.77. The molecule has 0 amide bonds. The first-order valence-electron chi connectivity index (χ1n) is 2.76. The summed E-state index contributed by atoms with van der Waals surface area (Å²) in [5, 5.41) is -0.415. The first-order chi connectivity index (χ1) is 5.11. The SMILES string of the molecule is O=C(Cl)c1ccc(Br)cc1I. The van der Waals surface area contributed by atoms with E-state index in [1.54, 1.807) is 12.1 Å². The molecule has 11 heavy (non-hydrogen) atoms. The van der Waals surface area contributed by atoms with Crippen LogP contribution in [0.4, 0.5) is 0 Å². The quantitative estimate of drug-likeness (QED) is 0.563. The van der Waals surface area contributed by atoms with Gasteiger partial charge in [0.1, 0.15) is 0 Å². The van der Waals surface area contributed by atoms with Crippen LogP contribution < -0.4 is 0 Å². The topological polar surface area (TPSA) is 17.1 Å². The van der Waals surface area contributed by atoms with Crippen LogP contribution in [0.15, 0.2) is 22.7 Å². The fraction of sp³-hybridized carbons (Fsp3) is 0. The molecule has 0 bridgehead atoms. The summed E-state index contributed by atoms with van der Waals surface area (Å²) in [6, 6.07) is 5.33. The van der Waals surface area contributed by atoms with Crippen molar-refractivity contribution in [2.75, 3.05) is 0 Å². The Balaban J connectivity index is 3.20. The zero-order chi connectivity index (χ0) is 8.43. The van der Waals surface area contributed by atoms with E-state index in [1.165, 1.54) is 0 Å². The van der Waals surface area contributed by atoms with Gasteiger partial charge >= 0.3 is 0 Å². The molecule has 0 heterocycles. The van der Waals surface area contributed by atoms with Crippen molar-refractivity contribution in [3.63, 3.8) is 0 Å². The Bertz CT molecular complexity index is 300. The number of carbonyl (C=O) groups excluding carboxylic acids is 1. The van der Waals surface area contributed by atoms with Crippen molar-refractivity contribution in [2.45, 2.75) is 0 Å². The van der Waals surface area contributed by atoms with E-state index in [4.69, 9.17) is 11.6 Å². The maximum Gasteiger partial charge on any atom is 0.253 e. The third kappa shape index (κ3) is 2.42. The van der Waals surface area contributed by atoms with E-state index in [9.17, 15) is 4.79 Å². The third-order valence-electron chi connectivity index (χ3n) is 1.14. The molecule has 1 aromatic rings. The second-order valence-electron chi connectivity index (χ2n) is 1.90. The smallest absolute Gasteiger partial charge is 0.253 e. The highest BCUT2D eigenvalue weighted by Gasteiger charge is 2.05. The van der Waals surface area contributed by atoms with Crippen LogP contribution in [0.2, 0.25) is 0 Å². The van der Waals surface area contributed by atoms with Crippen LogP contribution in [0, 0.1) is 3.57 Å². The maximum absolute atomic E-state index is 10.7. The minimum Gasteiger partial charge on any atom is -0.276 e. The van der Waals surface area contributed by atoms with E-state index in [0.29, 0.717) is 5.56 Å². The second-order valence-corrected chi connectivity index (χ2v) is 4.32. The molecule has 0 spiro atoms. The highest BCUT2D eigenvalue weighted by molar-refractivity contribution is 14.1. The number of hydrogen-bond acceptors (Lipinski definition) is 1. The number of rotatable bonds is 1. The molecule has 0 saturated heterocycles. The molecule has 0 unspecified atom stereocenters. The molecule has 1 nitrogen and oxygen atoms in total. The molecule has 0 atom stereocenters. The molecule has 0 aliphatic heterocycles. The normalized spacial score (nSPS) is 9.73. The van der Waals surface area contributed by atoms with Gasteiger partial charge in [-0.2, -0.15) is 0 Å². The molecule has 1 rings (SSSR count). The molecule has 0 saturated carbocycles. The van der Waals surface area contributed by atoms with Gasteiger partial charge in [0.2, 0.25) is 0 Å². The zero-order valence-electron chi connectivity index (χ0n) is 5.27. The summed E-state index contributed by atoms with van der Waals surface area (Å²) in [4.78, 5) is 10.7. The molecule has 4 heteroatoms.